The first-order valence-electron chi connectivity index (χ1n) is 10.3. The monoisotopic (exact) mass is 481 g/mol. The molecule has 0 spiro atoms. The van der Waals surface area contributed by atoms with Gasteiger partial charge in [-0.1, -0.05) is 11.6 Å². The lowest BCUT2D eigenvalue weighted by molar-refractivity contribution is 0.0573. The van der Waals surface area contributed by atoms with Crippen LogP contribution in [-0.4, -0.2) is 55.5 Å². The van der Waals surface area contributed by atoms with Crippen molar-refractivity contribution in [3.05, 3.63) is 52.8 Å². The van der Waals surface area contributed by atoms with Gasteiger partial charge in [0.05, 0.1) is 12.1 Å². The number of sulfonamides is 1. The molecule has 2 heterocycles. The van der Waals surface area contributed by atoms with Gasteiger partial charge < -0.3 is 14.2 Å². The summed E-state index contributed by atoms with van der Waals surface area (Å²) in [4.78, 5) is 26.6. The number of esters is 1. The summed E-state index contributed by atoms with van der Waals surface area (Å²) in [5, 5.41) is 0.0555. The lowest BCUT2D eigenvalue weighted by Gasteiger charge is -2.33. The van der Waals surface area contributed by atoms with E-state index in [1.807, 2.05) is 10.8 Å². The van der Waals surface area contributed by atoms with E-state index < -0.39 is 21.5 Å². The molecular formula is C22H28ClN3O5S. The third-order valence-electron chi connectivity index (χ3n) is 5.23. The van der Waals surface area contributed by atoms with Gasteiger partial charge in [0.25, 0.3) is 5.91 Å². The van der Waals surface area contributed by atoms with E-state index in [-0.39, 0.29) is 27.4 Å². The largest absolute Gasteiger partial charge is 0.464 e. The predicted octanol–water partition coefficient (Wildman–Crippen LogP) is 3.48. The molecule has 1 N–H and O–H groups in total. The molecule has 1 amide bonds. The highest BCUT2D eigenvalue weighted by Crippen LogP contribution is 2.28. The molecule has 32 heavy (non-hydrogen) atoms. The third kappa shape index (κ3) is 5.33. The molecule has 1 fully saturated rings. The molecule has 1 saturated heterocycles. The molecule has 8 nitrogen and oxygen atoms in total. The van der Waals surface area contributed by atoms with Gasteiger partial charge in [-0.05, 0) is 63.9 Å². The molecule has 3 rings (SSSR count). The van der Waals surface area contributed by atoms with Gasteiger partial charge in [0.2, 0.25) is 10.0 Å². The first-order chi connectivity index (χ1) is 14.9. The first-order valence-corrected chi connectivity index (χ1v) is 12.2. The van der Waals surface area contributed by atoms with Gasteiger partial charge in [0.15, 0.2) is 0 Å². The van der Waals surface area contributed by atoms with E-state index in [0.29, 0.717) is 31.6 Å². The zero-order valence-electron chi connectivity index (χ0n) is 18.6. The smallest absolute Gasteiger partial charge is 0.354 e. The Morgan fingerprint density at radius 1 is 1.16 bits per heavy atom. The number of nitrogens with zero attached hydrogens (tertiary/aromatic N) is 2. The highest BCUT2D eigenvalue weighted by Gasteiger charge is 2.29. The summed E-state index contributed by atoms with van der Waals surface area (Å²) in [6.07, 6.45) is 3.16. The van der Waals surface area contributed by atoms with Crippen LogP contribution in [0.15, 0.2) is 41.4 Å². The number of ether oxygens (including phenoxy) is 1. The minimum atomic E-state index is -3.89. The number of halogens is 1. The highest BCUT2D eigenvalue weighted by molar-refractivity contribution is 7.89. The van der Waals surface area contributed by atoms with Crippen molar-refractivity contribution < 1.29 is 22.7 Å². The van der Waals surface area contributed by atoms with Crippen LogP contribution in [0.3, 0.4) is 0 Å². The second-order valence-electron chi connectivity index (χ2n) is 8.82. The van der Waals surface area contributed by atoms with Gasteiger partial charge in [0, 0.05) is 36.4 Å². The molecule has 0 bridgehead atoms. The van der Waals surface area contributed by atoms with Gasteiger partial charge in [-0.2, -0.15) is 0 Å². The fraction of sp³-hybridized carbons (Fsp3) is 0.455. The van der Waals surface area contributed by atoms with Gasteiger partial charge in [-0.25, -0.2) is 17.9 Å². The number of carbonyl (C=O) groups is 2. The van der Waals surface area contributed by atoms with Crippen LogP contribution in [0.5, 0.6) is 0 Å². The zero-order valence-corrected chi connectivity index (χ0v) is 20.2. The fourth-order valence-electron chi connectivity index (χ4n) is 3.82. The molecule has 0 radical (unpaired) electrons. The van der Waals surface area contributed by atoms with Crippen LogP contribution in [0.4, 0.5) is 0 Å². The van der Waals surface area contributed by atoms with Crippen molar-refractivity contribution >= 4 is 33.5 Å². The summed E-state index contributed by atoms with van der Waals surface area (Å²) in [5.41, 5.74) is 0.0560. The summed E-state index contributed by atoms with van der Waals surface area (Å²) in [5.74, 6) is -0.653. The standard InChI is InChI=1S/C22H28ClN3O5S/c1-22(2,3)24-32(29,30)19-14-15(7-8-17(19)23)20(27)25-12-9-16(10-13-25)26-11-5-6-18(26)21(28)31-4/h5-8,11,14,16,24H,9-10,12-13H2,1-4H3. The number of benzene rings is 1. The average molecular weight is 482 g/mol. The Morgan fingerprint density at radius 2 is 1.81 bits per heavy atom. The molecule has 2 aromatic rings. The molecule has 0 aliphatic carbocycles. The molecule has 1 aliphatic rings. The van der Waals surface area contributed by atoms with Crippen LogP contribution < -0.4 is 4.72 Å². The Kier molecular flexibility index (Phi) is 7.02. The topological polar surface area (TPSA) is 97.7 Å². The van der Waals surface area contributed by atoms with Gasteiger partial charge in [0.1, 0.15) is 10.6 Å². The van der Waals surface area contributed by atoms with Crippen LogP contribution in [-0.2, 0) is 14.8 Å². The maximum atomic E-state index is 13.1. The van der Waals surface area contributed by atoms with Crippen molar-refractivity contribution in [2.24, 2.45) is 0 Å². The van der Waals surface area contributed by atoms with Crippen LogP contribution in [0.25, 0.3) is 0 Å². The van der Waals surface area contributed by atoms with Gasteiger partial charge >= 0.3 is 5.97 Å². The van der Waals surface area contributed by atoms with Crippen molar-refractivity contribution in [1.82, 2.24) is 14.2 Å². The van der Waals surface area contributed by atoms with Crippen LogP contribution in [0.1, 0.15) is 60.5 Å². The quantitative estimate of drug-likeness (QED) is 0.659. The number of hydrogen-bond acceptors (Lipinski definition) is 5. The average Bonchev–Trinajstić information content (AvgIpc) is 3.21. The Morgan fingerprint density at radius 3 is 2.41 bits per heavy atom. The Balaban J connectivity index is 1.75. The van der Waals surface area contributed by atoms with E-state index in [1.54, 1.807) is 37.8 Å². The number of aromatic nitrogens is 1. The maximum Gasteiger partial charge on any atom is 0.354 e. The van der Waals surface area contributed by atoms with Crippen molar-refractivity contribution in [1.29, 1.82) is 0 Å². The Labute approximate surface area is 193 Å². The number of methoxy groups -OCH3 is 1. The summed E-state index contributed by atoms with van der Waals surface area (Å²) in [6, 6.07) is 7.87. The lowest BCUT2D eigenvalue weighted by Crippen LogP contribution is -2.41. The zero-order chi connectivity index (χ0) is 23.7. The molecule has 0 saturated carbocycles. The number of nitrogens with one attached hydrogen (secondary N) is 1. The minimum absolute atomic E-state index is 0.0555. The fourth-order valence-corrected chi connectivity index (χ4v) is 5.77. The van der Waals surface area contributed by atoms with Crippen molar-refractivity contribution in [3.8, 4) is 0 Å². The van der Waals surface area contributed by atoms with E-state index >= 15 is 0 Å². The van der Waals surface area contributed by atoms with Gasteiger partial charge in [-0.3, -0.25) is 4.79 Å². The van der Waals surface area contributed by atoms with E-state index in [1.165, 1.54) is 25.3 Å². The SMILES string of the molecule is COC(=O)c1cccn1C1CCN(C(=O)c2ccc(Cl)c(S(=O)(=O)NC(C)(C)C)c2)CC1. The van der Waals surface area contributed by atoms with Crippen molar-refractivity contribution in [2.75, 3.05) is 20.2 Å². The lowest BCUT2D eigenvalue weighted by atomic mass is 10.0. The van der Waals surface area contributed by atoms with Crippen LogP contribution >= 0.6 is 11.6 Å². The van der Waals surface area contributed by atoms with E-state index in [0.717, 1.165) is 0 Å². The third-order valence-corrected chi connectivity index (χ3v) is 7.47. The number of piperidine rings is 1. The summed E-state index contributed by atoms with van der Waals surface area (Å²) < 4.78 is 34.8. The van der Waals surface area contributed by atoms with Crippen LogP contribution in [0.2, 0.25) is 5.02 Å². The number of rotatable bonds is 5. The second kappa shape index (κ2) is 9.25. The molecule has 1 aliphatic heterocycles. The Bertz CT molecular complexity index is 1110. The molecule has 0 atom stereocenters. The van der Waals surface area contributed by atoms with Crippen LogP contribution in [0, 0.1) is 0 Å². The number of likely N-dealkylation sites (tertiary alicyclic amines) is 1. The van der Waals surface area contributed by atoms with E-state index in [2.05, 4.69) is 4.72 Å². The summed E-state index contributed by atoms with van der Waals surface area (Å²) in [6.45, 7) is 6.15. The molecule has 174 valence electrons. The summed E-state index contributed by atoms with van der Waals surface area (Å²) >= 11 is 6.14. The molecular weight excluding hydrogens is 454 g/mol. The normalized spacial score (nSPS) is 15.6. The minimum Gasteiger partial charge on any atom is -0.464 e. The number of hydrogen-bond donors (Lipinski definition) is 1. The molecule has 1 aromatic heterocycles. The predicted molar refractivity (Wildman–Crippen MR) is 121 cm³/mol. The molecule has 10 heteroatoms. The second-order valence-corrected chi connectivity index (χ2v) is 10.9. The van der Waals surface area contributed by atoms with Crippen molar-refractivity contribution in [2.45, 2.75) is 50.1 Å². The number of amides is 1. The molecule has 1 aromatic carbocycles. The van der Waals surface area contributed by atoms with E-state index in [9.17, 15) is 18.0 Å². The van der Waals surface area contributed by atoms with Crippen molar-refractivity contribution in [3.63, 3.8) is 0 Å². The Hall–Kier alpha value is -2.36. The number of carbonyl (C=O) groups excluding carboxylic acids is 2. The van der Waals surface area contributed by atoms with E-state index in [4.69, 9.17) is 16.3 Å². The summed E-state index contributed by atoms with van der Waals surface area (Å²) in [7, 11) is -2.54. The van der Waals surface area contributed by atoms with Gasteiger partial charge in [-0.15, -0.1) is 0 Å². The highest BCUT2D eigenvalue weighted by atomic mass is 35.5. The first kappa shape index (κ1) is 24.3. The molecule has 0 unspecified atom stereocenters. The maximum absolute atomic E-state index is 13.1.